The molecule has 1 aromatic heterocycles. The third-order valence-electron chi connectivity index (χ3n) is 5.49. The maximum atomic E-state index is 5.77. The zero-order valence-corrected chi connectivity index (χ0v) is 18.8. The Balaban J connectivity index is 1.65. The summed E-state index contributed by atoms with van der Waals surface area (Å²) >= 11 is 5.77. The summed E-state index contributed by atoms with van der Waals surface area (Å²) in [7, 11) is 2.16. The number of aromatic nitrogens is 2. The Kier molecular flexibility index (Phi) is 6.96. The summed E-state index contributed by atoms with van der Waals surface area (Å²) in [6, 6.07) is 8.94. The summed E-state index contributed by atoms with van der Waals surface area (Å²) in [4.78, 5) is 4.71. The van der Waals surface area contributed by atoms with Crippen molar-refractivity contribution in [1.29, 1.82) is 0 Å². The lowest BCUT2D eigenvalue weighted by Crippen LogP contribution is -2.36. The van der Waals surface area contributed by atoms with Gasteiger partial charge in [0.1, 0.15) is 0 Å². The number of nitrogens with zero attached hydrogens (tertiary/aromatic N) is 4. The van der Waals surface area contributed by atoms with Crippen LogP contribution in [0.15, 0.2) is 24.3 Å². The molecular formula is C22H34N4OS. The molecule has 0 aliphatic carbocycles. The number of hydrogen-bond donors (Lipinski definition) is 0. The second-order valence-electron chi connectivity index (χ2n) is 8.31. The summed E-state index contributed by atoms with van der Waals surface area (Å²) in [6.45, 7) is 15.1. The summed E-state index contributed by atoms with van der Waals surface area (Å²) in [5.74, 6) is 0.586. The monoisotopic (exact) mass is 402 g/mol. The average Bonchev–Trinajstić information content (AvgIpc) is 2.87. The molecule has 6 heteroatoms. The number of rotatable bonds is 7. The van der Waals surface area contributed by atoms with Crippen molar-refractivity contribution in [1.82, 2.24) is 14.0 Å². The van der Waals surface area contributed by atoms with Gasteiger partial charge in [-0.15, -0.1) is 0 Å². The molecular weight excluding hydrogens is 368 g/mol. The van der Waals surface area contributed by atoms with Gasteiger partial charge in [0.05, 0.1) is 19.9 Å². The van der Waals surface area contributed by atoms with Crippen molar-refractivity contribution in [2.24, 2.45) is 5.92 Å². The van der Waals surface area contributed by atoms with Crippen LogP contribution in [0.5, 0.6) is 0 Å². The van der Waals surface area contributed by atoms with Gasteiger partial charge in [-0.3, -0.25) is 4.90 Å². The van der Waals surface area contributed by atoms with E-state index in [-0.39, 0.29) is 0 Å². The van der Waals surface area contributed by atoms with Crippen LogP contribution in [0, 0.1) is 24.5 Å². The van der Waals surface area contributed by atoms with Gasteiger partial charge in [-0.1, -0.05) is 26.0 Å². The molecule has 0 unspecified atom stereocenters. The van der Waals surface area contributed by atoms with Crippen LogP contribution in [0.2, 0.25) is 0 Å². The van der Waals surface area contributed by atoms with E-state index in [2.05, 4.69) is 77.9 Å². The molecule has 1 saturated heterocycles. The van der Waals surface area contributed by atoms with Crippen molar-refractivity contribution in [2.45, 2.75) is 47.5 Å². The molecule has 1 aliphatic heterocycles. The standard InChI is InChI=1S/C22H34N4OS/c1-17(2)14-25-18(3)19(4)26(22(25)28)16-23(5)15-20-6-8-21(9-7-20)24-10-12-27-13-11-24/h6-9,17H,10-16H2,1-5H3. The molecule has 0 N–H and O–H groups in total. The highest BCUT2D eigenvalue weighted by molar-refractivity contribution is 7.71. The fourth-order valence-electron chi connectivity index (χ4n) is 3.81. The molecule has 154 valence electrons. The maximum Gasteiger partial charge on any atom is 0.181 e. The van der Waals surface area contributed by atoms with Gasteiger partial charge in [-0.25, -0.2) is 0 Å². The quantitative estimate of drug-likeness (QED) is 0.648. The van der Waals surface area contributed by atoms with Crippen LogP contribution in [0.25, 0.3) is 0 Å². The minimum atomic E-state index is 0.586. The number of hydrogen-bond acceptors (Lipinski definition) is 4. The van der Waals surface area contributed by atoms with Crippen LogP contribution in [-0.2, 0) is 24.5 Å². The normalized spacial score (nSPS) is 15.0. The Hall–Kier alpha value is -1.63. The van der Waals surface area contributed by atoms with Crippen molar-refractivity contribution in [2.75, 3.05) is 38.3 Å². The number of benzene rings is 1. The van der Waals surface area contributed by atoms with Crippen LogP contribution >= 0.6 is 12.2 Å². The van der Waals surface area contributed by atoms with Gasteiger partial charge in [0.2, 0.25) is 0 Å². The Morgan fingerprint density at radius 3 is 2.25 bits per heavy atom. The number of imidazole rings is 1. The first-order valence-corrected chi connectivity index (χ1v) is 10.6. The van der Waals surface area contributed by atoms with E-state index in [1.165, 1.54) is 22.6 Å². The van der Waals surface area contributed by atoms with E-state index in [4.69, 9.17) is 17.0 Å². The number of anilines is 1. The second-order valence-corrected chi connectivity index (χ2v) is 8.67. The van der Waals surface area contributed by atoms with Gasteiger partial charge >= 0.3 is 0 Å². The molecule has 2 heterocycles. The van der Waals surface area contributed by atoms with Crippen molar-refractivity contribution in [3.8, 4) is 0 Å². The zero-order chi connectivity index (χ0) is 20.3. The molecule has 1 aliphatic rings. The Labute approximate surface area is 174 Å². The summed E-state index contributed by atoms with van der Waals surface area (Å²) in [5, 5.41) is 0. The van der Waals surface area contributed by atoms with Crippen LogP contribution in [0.4, 0.5) is 5.69 Å². The highest BCUT2D eigenvalue weighted by Gasteiger charge is 2.14. The van der Waals surface area contributed by atoms with E-state index >= 15 is 0 Å². The topological polar surface area (TPSA) is 25.6 Å². The second kappa shape index (κ2) is 9.25. The van der Waals surface area contributed by atoms with E-state index in [0.29, 0.717) is 5.92 Å². The molecule has 0 atom stereocenters. The molecule has 1 fully saturated rings. The summed E-state index contributed by atoms with van der Waals surface area (Å²) < 4.78 is 10.9. The first-order valence-electron chi connectivity index (χ1n) is 10.2. The zero-order valence-electron chi connectivity index (χ0n) is 17.9. The first-order chi connectivity index (χ1) is 13.4. The predicted octanol–water partition coefficient (Wildman–Crippen LogP) is 4.22. The molecule has 0 bridgehead atoms. The summed E-state index contributed by atoms with van der Waals surface area (Å²) in [6.07, 6.45) is 0. The third kappa shape index (κ3) is 4.85. The lowest BCUT2D eigenvalue weighted by Gasteiger charge is -2.29. The maximum absolute atomic E-state index is 5.77. The van der Waals surface area contributed by atoms with Crippen LogP contribution in [-0.4, -0.2) is 47.4 Å². The fourth-order valence-corrected chi connectivity index (χ4v) is 4.21. The minimum Gasteiger partial charge on any atom is -0.378 e. The van der Waals surface area contributed by atoms with E-state index in [1.54, 1.807) is 0 Å². The lowest BCUT2D eigenvalue weighted by molar-refractivity contribution is 0.122. The third-order valence-corrected chi connectivity index (χ3v) is 5.93. The average molecular weight is 403 g/mol. The SMILES string of the molecule is Cc1c(C)n(CN(C)Cc2ccc(N3CCOCC3)cc2)c(=S)n1CC(C)C. The van der Waals surface area contributed by atoms with Crippen molar-refractivity contribution in [3.05, 3.63) is 46.0 Å². The lowest BCUT2D eigenvalue weighted by atomic mass is 10.2. The highest BCUT2D eigenvalue weighted by Crippen LogP contribution is 2.19. The Morgan fingerprint density at radius 1 is 1.04 bits per heavy atom. The first kappa shape index (κ1) is 21.1. The molecule has 0 amide bonds. The Bertz CT molecular complexity index is 831. The number of ether oxygens (including phenoxy) is 1. The fraction of sp³-hybridized carbons (Fsp3) is 0.591. The molecule has 3 rings (SSSR count). The van der Waals surface area contributed by atoms with E-state index in [1.807, 2.05) is 0 Å². The van der Waals surface area contributed by atoms with E-state index < -0.39 is 0 Å². The van der Waals surface area contributed by atoms with Gasteiger partial charge in [-0.2, -0.15) is 0 Å². The van der Waals surface area contributed by atoms with Crippen LogP contribution in [0.3, 0.4) is 0 Å². The number of morpholine rings is 1. The summed E-state index contributed by atoms with van der Waals surface area (Å²) in [5.41, 5.74) is 5.15. The molecule has 28 heavy (non-hydrogen) atoms. The largest absolute Gasteiger partial charge is 0.378 e. The molecule has 0 radical (unpaired) electrons. The molecule has 5 nitrogen and oxygen atoms in total. The van der Waals surface area contributed by atoms with Crippen molar-refractivity contribution in [3.63, 3.8) is 0 Å². The Morgan fingerprint density at radius 2 is 1.64 bits per heavy atom. The van der Waals surface area contributed by atoms with Crippen molar-refractivity contribution < 1.29 is 4.74 Å². The minimum absolute atomic E-state index is 0.586. The molecule has 0 spiro atoms. The molecule has 2 aromatic rings. The predicted molar refractivity (Wildman–Crippen MR) is 119 cm³/mol. The molecule has 1 aromatic carbocycles. The van der Waals surface area contributed by atoms with Gasteiger partial charge in [-0.05, 0) is 56.7 Å². The van der Waals surface area contributed by atoms with Crippen LogP contribution < -0.4 is 4.90 Å². The van der Waals surface area contributed by atoms with Gasteiger partial charge in [0, 0.05) is 43.3 Å². The van der Waals surface area contributed by atoms with Gasteiger partial charge in [0.25, 0.3) is 0 Å². The van der Waals surface area contributed by atoms with E-state index in [9.17, 15) is 0 Å². The van der Waals surface area contributed by atoms with Gasteiger partial charge in [0.15, 0.2) is 4.77 Å². The van der Waals surface area contributed by atoms with Gasteiger partial charge < -0.3 is 18.8 Å². The molecule has 0 saturated carbocycles. The van der Waals surface area contributed by atoms with Crippen molar-refractivity contribution >= 4 is 17.9 Å². The highest BCUT2D eigenvalue weighted by atomic mass is 32.1. The van der Waals surface area contributed by atoms with E-state index in [0.717, 1.165) is 50.8 Å². The smallest absolute Gasteiger partial charge is 0.181 e. The van der Waals surface area contributed by atoms with Crippen LogP contribution in [0.1, 0.15) is 30.8 Å².